The topological polar surface area (TPSA) is 98.1 Å². The van der Waals surface area contributed by atoms with Gasteiger partial charge in [0.1, 0.15) is 22.3 Å². The molecule has 1 heterocycles. The number of carbonyl (C=O) groups excluding carboxylic acids is 2. The van der Waals surface area contributed by atoms with Crippen LogP contribution >= 0.6 is 10.2 Å². The molecule has 236 valence electrons. The van der Waals surface area contributed by atoms with Gasteiger partial charge in [0, 0.05) is 36.3 Å². The summed E-state index contributed by atoms with van der Waals surface area (Å²) in [4.78, 5) is 30.4. The van der Waals surface area contributed by atoms with Gasteiger partial charge in [-0.1, -0.05) is 38.7 Å². The van der Waals surface area contributed by atoms with Crippen molar-refractivity contribution >= 4 is 27.7 Å². The molecular formula is C27H29F8N5O2S. The van der Waals surface area contributed by atoms with E-state index in [-0.39, 0.29) is 43.4 Å². The Morgan fingerprint density at radius 1 is 0.977 bits per heavy atom. The summed E-state index contributed by atoms with van der Waals surface area (Å²) < 4.78 is 109. The lowest BCUT2D eigenvalue weighted by molar-refractivity contribution is -0.131. The number of halogens is 8. The predicted octanol–water partition coefficient (Wildman–Crippen LogP) is 7.42. The second-order valence-electron chi connectivity index (χ2n) is 11.0. The van der Waals surface area contributed by atoms with E-state index in [1.807, 2.05) is 0 Å². The summed E-state index contributed by atoms with van der Waals surface area (Å²) in [6.45, 7) is 0. The largest absolute Gasteiger partial charge is 0.351 e. The number of nitriles is 1. The maximum absolute atomic E-state index is 14.4. The fourth-order valence-corrected chi connectivity index (χ4v) is 6.24. The van der Waals surface area contributed by atoms with Gasteiger partial charge in [-0.15, -0.1) is 0 Å². The highest BCUT2D eigenvalue weighted by Gasteiger charge is 2.65. The number of hydrogen-bond donors (Lipinski definition) is 2. The number of amides is 2. The van der Waals surface area contributed by atoms with Crippen molar-refractivity contribution in [3.05, 3.63) is 54.1 Å². The summed E-state index contributed by atoms with van der Waals surface area (Å²) in [5.74, 6) is -5.81. The fraction of sp³-hybridized carbons (Fsp3) is 0.481. The van der Waals surface area contributed by atoms with Gasteiger partial charge < -0.3 is 10.6 Å². The molecule has 16 heteroatoms. The van der Waals surface area contributed by atoms with Crippen LogP contribution < -0.4 is 15.5 Å². The molecule has 1 atom stereocenters. The molecule has 2 amide bonds. The van der Waals surface area contributed by atoms with E-state index in [0.717, 1.165) is 23.4 Å². The predicted molar refractivity (Wildman–Crippen MR) is 142 cm³/mol. The Labute approximate surface area is 242 Å². The van der Waals surface area contributed by atoms with Crippen LogP contribution in [-0.2, 0) is 9.59 Å². The Morgan fingerprint density at radius 3 is 2.12 bits per heavy atom. The third-order valence-corrected chi connectivity index (χ3v) is 8.97. The van der Waals surface area contributed by atoms with Gasteiger partial charge >= 0.3 is 10.2 Å². The Morgan fingerprint density at radius 2 is 1.58 bits per heavy atom. The first-order chi connectivity index (χ1) is 19.8. The van der Waals surface area contributed by atoms with Gasteiger partial charge in [-0.3, -0.25) is 19.5 Å². The van der Waals surface area contributed by atoms with E-state index in [1.165, 1.54) is 0 Å². The second kappa shape index (κ2) is 10.8. The first-order valence-electron chi connectivity index (χ1n) is 13.5. The quantitative estimate of drug-likeness (QED) is 0.178. The Bertz CT molecular complexity index is 1400. The molecule has 0 saturated heterocycles. The van der Waals surface area contributed by atoms with Crippen molar-refractivity contribution in [3.63, 3.8) is 0 Å². The molecule has 0 spiro atoms. The molecule has 1 unspecified atom stereocenters. The van der Waals surface area contributed by atoms with Crippen molar-refractivity contribution in [2.75, 3.05) is 4.90 Å². The number of nitrogens with one attached hydrogen (secondary N) is 2. The van der Waals surface area contributed by atoms with E-state index in [9.17, 15) is 47.5 Å². The van der Waals surface area contributed by atoms with Crippen LogP contribution in [-0.4, -0.2) is 34.3 Å². The minimum Gasteiger partial charge on any atom is -0.351 e. The van der Waals surface area contributed by atoms with E-state index in [1.54, 1.807) is 6.19 Å². The number of nitrogens with zero attached hydrogens (tertiary/aromatic N) is 3. The number of aromatic nitrogens is 1. The van der Waals surface area contributed by atoms with Crippen LogP contribution in [0.25, 0.3) is 0 Å². The molecule has 4 rings (SSSR count). The lowest BCUT2D eigenvalue weighted by Crippen LogP contribution is -2.60. The van der Waals surface area contributed by atoms with Crippen LogP contribution in [0.1, 0.15) is 69.4 Å². The zero-order chi connectivity index (χ0) is 31.7. The number of carbonyl (C=O) groups is 2. The normalized spacial score (nSPS) is 20.9. The molecule has 2 aliphatic carbocycles. The summed E-state index contributed by atoms with van der Waals surface area (Å²) in [5, 5.41) is 14.5. The summed E-state index contributed by atoms with van der Waals surface area (Å²) in [5.41, 5.74) is -2.29. The van der Waals surface area contributed by atoms with Gasteiger partial charge in [-0.05, 0) is 56.0 Å². The number of rotatable bonds is 8. The van der Waals surface area contributed by atoms with Gasteiger partial charge in [-0.25, -0.2) is 13.2 Å². The van der Waals surface area contributed by atoms with E-state index >= 15 is 0 Å². The molecule has 2 N–H and O–H groups in total. The summed E-state index contributed by atoms with van der Waals surface area (Å²) in [7, 11) is -10.1. The van der Waals surface area contributed by atoms with Crippen LogP contribution in [0.3, 0.4) is 0 Å². The van der Waals surface area contributed by atoms with Gasteiger partial charge in [0.05, 0.1) is 6.20 Å². The van der Waals surface area contributed by atoms with Crippen LogP contribution in [0.15, 0.2) is 47.6 Å². The average molecular weight is 640 g/mol. The first kappa shape index (κ1) is 32.3. The van der Waals surface area contributed by atoms with Gasteiger partial charge in [0.15, 0.2) is 6.19 Å². The molecule has 7 nitrogen and oxygen atoms in total. The third kappa shape index (κ3) is 7.49. The fourth-order valence-electron chi connectivity index (χ4n) is 5.59. The summed E-state index contributed by atoms with van der Waals surface area (Å²) in [6, 6.07) is -0.423. The van der Waals surface area contributed by atoms with Gasteiger partial charge in [-0.2, -0.15) is 5.26 Å². The van der Waals surface area contributed by atoms with Crippen molar-refractivity contribution < 1.29 is 42.2 Å². The molecule has 2 fully saturated rings. The highest BCUT2D eigenvalue weighted by Crippen LogP contribution is 3.02. The number of anilines is 1. The lowest BCUT2D eigenvalue weighted by Gasteiger charge is -2.43. The van der Waals surface area contributed by atoms with E-state index in [2.05, 4.69) is 15.6 Å². The minimum absolute atomic E-state index is 0.0739. The number of benzene rings is 1. The van der Waals surface area contributed by atoms with Crippen LogP contribution in [0.4, 0.5) is 38.3 Å². The molecule has 2 aromatic rings. The van der Waals surface area contributed by atoms with Gasteiger partial charge in [0.2, 0.25) is 11.8 Å². The molecular weight excluding hydrogens is 610 g/mol. The molecule has 0 bridgehead atoms. The molecule has 0 aliphatic heterocycles. The molecule has 1 aromatic heterocycles. The first-order valence-corrected chi connectivity index (χ1v) is 15.4. The maximum atomic E-state index is 14.4. The monoisotopic (exact) mass is 639 g/mol. The smallest absolute Gasteiger partial charge is 0.310 e. The minimum atomic E-state index is -10.1. The lowest BCUT2D eigenvalue weighted by atomic mass is 9.80. The molecule has 1 aromatic carbocycles. The van der Waals surface area contributed by atoms with Crippen molar-refractivity contribution in [1.29, 1.82) is 5.26 Å². The van der Waals surface area contributed by atoms with Gasteiger partial charge in [0.25, 0.3) is 5.91 Å². The van der Waals surface area contributed by atoms with Crippen LogP contribution in [0.5, 0.6) is 0 Å². The van der Waals surface area contributed by atoms with Crippen LogP contribution in [0, 0.1) is 17.3 Å². The van der Waals surface area contributed by atoms with E-state index in [4.69, 9.17) is 0 Å². The molecule has 2 aliphatic rings. The zero-order valence-corrected chi connectivity index (χ0v) is 23.5. The highest BCUT2D eigenvalue weighted by molar-refractivity contribution is 8.45. The number of alkyl halides is 2. The Hall–Kier alpha value is -3.61. The average Bonchev–Trinajstić information content (AvgIpc) is 2.92. The second-order valence-corrected chi connectivity index (χ2v) is 13.4. The van der Waals surface area contributed by atoms with Crippen molar-refractivity contribution in [2.45, 2.75) is 86.2 Å². The van der Waals surface area contributed by atoms with Crippen molar-refractivity contribution in [1.82, 2.24) is 15.6 Å². The third-order valence-electron chi connectivity index (χ3n) is 7.80. The maximum Gasteiger partial charge on any atom is 0.310 e. The highest BCUT2D eigenvalue weighted by atomic mass is 32.5. The Kier molecular flexibility index (Phi) is 8.14. The number of pyridine rings is 1. The zero-order valence-electron chi connectivity index (χ0n) is 22.7. The van der Waals surface area contributed by atoms with E-state index < -0.39 is 74.8 Å². The molecule has 43 heavy (non-hydrogen) atoms. The molecule has 2 saturated carbocycles. The SMILES string of the molecule is N#CNC1(C(=O)N(c2ccc(S(F)(F)(F)(F)F)cc2)C(C(=O)NC2CCC(F)(F)CC2)c2cncc(F)c2)CCCCC1. The number of hydrogen-bond acceptors (Lipinski definition) is 5. The summed E-state index contributed by atoms with van der Waals surface area (Å²) >= 11 is 0. The van der Waals surface area contributed by atoms with Crippen LogP contribution in [0.2, 0.25) is 0 Å². The van der Waals surface area contributed by atoms with E-state index in [0.29, 0.717) is 31.4 Å². The standard InChI is InChI=1S/C27H29F8N5O2S/c28-19-14-18(15-37-16-19)23(24(41)39-20-8-12-27(29,30)13-9-20)40(25(42)26(38-17-36)10-2-1-3-11-26)21-4-6-22(7-5-21)43(31,32,33,34)35/h4-7,14-16,20,23,38H,1-3,8-13H2,(H,39,41). The summed E-state index contributed by atoms with van der Waals surface area (Å²) in [6.07, 6.45) is 4.05. The van der Waals surface area contributed by atoms with Crippen molar-refractivity contribution in [2.24, 2.45) is 0 Å². The Balaban J connectivity index is 1.86. The van der Waals surface area contributed by atoms with Crippen molar-refractivity contribution in [3.8, 4) is 6.19 Å². The molecule has 0 radical (unpaired) electrons.